The minimum absolute atomic E-state index is 0.0392. The molecule has 0 aromatic heterocycles. The number of amides is 1. The molecule has 1 amide bonds. The van der Waals surface area contributed by atoms with Crippen LogP contribution in [0.3, 0.4) is 0 Å². The van der Waals surface area contributed by atoms with E-state index in [-0.39, 0.29) is 34.7 Å². The number of carbonyl (C=O) groups is 1. The molecule has 0 aromatic carbocycles. The van der Waals surface area contributed by atoms with Crippen LogP contribution < -0.4 is 10.6 Å². The summed E-state index contributed by atoms with van der Waals surface area (Å²) in [4.78, 5) is 12.6. The summed E-state index contributed by atoms with van der Waals surface area (Å²) < 4.78 is 14.6. The molecule has 0 bridgehead atoms. The van der Waals surface area contributed by atoms with Gasteiger partial charge in [0.25, 0.3) is 0 Å². The van der Waals surface area contributed by atoms with Crippen molar-refractivity contribution in [1.82, 2.24) is 10.6 Å². The molecule has 3 nitrogen and oxygen atoms in total. The third-order valence-electron chi connectivity index (χ3n) is 8.13. The van der Waals surface area contributed by atoms with E-state index in [0.717, 1.165) is 31.7 Å². The van der Waals surface area contributed by atoms with Crippen molar-refractivity contribution in [1.29, 1.82) is 0 Å². The molecule has 3 rings (SSSR count). The summed E-state index contributed by atoms with van der Waals surface area (Å²) in [6.45, 7) is 12.1. The van der Waals surface area contributed by atoms with E-state index in [4.69, 9.17) is 0 Å². The second kappa shape index (κ2) is 7.41. The maximum absolute atomic E-state index is 14.6. The molecular weight excluding hydrogens is 327 g/mol. The van der Waals surface area contributed by atoms with Gasteiger partial charge in [-0.05, 0) is 74.5 Å². The van der Waals surface area contributed by atoms with Gasteiger partial charge in [-0.2, -0.15) is 0 Å². The lowest BCUT2D eigenvalue weighted by Crippen LogP contribution is -2.51. The molecule has 2 saturated carbocycles. The largest absolute Gasteiger partial charge is 0.350 e. The zero-order valence-electron chi connectivity index (χ0n) is 17.4. The summed E-state index contributed by atoms with van der Waals surface area (Å²) >= 11 is 0. The highest BCUT2D eigenvalue weighted by molar-refractivity contribution is 5.76. The lowest BCUT2D eigenvalue weighted by atomic mass is 9.61. The third kappa shape index (κ3) is 3.81. The summed E-state index contributed by atoms with van der Waals surface area (Å²) in [5.41, 5.74) is 0.399. The van der Waals surface area contributed by atoms with Gasteiger partial charge in [0.05, 0.1) is 6.04 Å². The van der Waals surface area contributed by atoms with E-state index < -0.39 is 6.17 Å². The second-order valence-corrected chi connectivity index (χ2v) is 10.4. The zero-order chi connectivity index (χ0) is 19.1. The molecule has 2 aliphatic carbocycles. The predicted octanol–water partition coefficient (Wildman–Crippen LogP) is 4.46. The molecule has 1 aliphatic heterocycles. The molecular formula is C22H39FN2O. The van der Waals surface area contributed by atoms with Crippen molar-refractivity contribution in [2.45, 2.75) is 97.3 Å². The molecule has 0 radical (unpaired) electrons. The standard InChI is InChI=1S/C22H39FN2O/c1-14-8-11-22(5)17(12-14)21(4,13-24-22)10-9-18(26)25-20-16(3)7-6-15(2)19(20)23/h14-17,19-20,24H,6-13H2,1-5H3,(H,25,26). The summed E-state index contributed by atoms with van der Waals surface area (Å²) in [6, 6.07) is -0.305. The summed E-state index contributed by atoms with van der Waals surface area (Å²) in [5, 5.41) is 6.83. The van der Waals surface area contributed by atoms with Crippen LogP contribution in [-0.4, -0.2) is 30.2 Å². The maximum atomic E-state index is 14.6. The molecule has 0 aromatic rings. The molecule has 150 valence electrons. The molecule has 8 atom stereocenters. The fourth-order valence-electron chi connectivity index (χ4n) is 5.97. The number of hydrogen-bond donors (Lipinski definition) is 2. The Hall–Kier alpha value is -0.640. The molecule has 4 heteroatoms. The fourth-order valence-corrected chi connectivity index (χ4v) is 5.97. The molecule has 3 aliphatic rings. The predicted molar refractivity (Wildman–Crippen MR) is 105 cm³/mol. The average Bonchev–Trinajstić information content (AvgIpc) is 2.86. The molecule has 1 heterocycles. The third-order valence-corrected chi connectivity index (χ3v) is 8.13. The SMILES string of the molecule is CC1CCC2(C)NCC(C)(CCC(=O)NC3C(C)CCC(C)C3F)C2C1. The van der Waals surface area contributed by atoms with E-state index >= 15 is 0 Å². The van der Waals surface area contributed by atoms with E-state index in [0.29, 0.717) is 12.3 Å². The molecule has 8 unspecified atom stereocenters. The van der Waals surface area contributed by atoms with Gasteiger partial charge in [0.1, 0.15) is 6.17 Å². The quantitative estimate of drug-likeness (QED) is 0.771. The highest BCUT2D eigenvalue weighted by Crippen LogP contribution is 2.52. The van der Waals surface area contributed by atoms with Crippen LogP contribution in [0.25, 0.3) is 0 Å². The maximum Gasteiger partial charge on any atom is 0.220 e. The number of alkyl halides is 1. The Morgan fingerprint density at radius 2 is 1.85 bits per heavy atom. The summed E-state index contributed by atoms with van der Waals surface area (Å²) in [7, 11) is 0. The van der Waals surface area contributed by atoms with Gasteiger partial charge in [-0.25, -0.2) is 4.39 Å². The van der Waals surface area contributed by atoms with Crippen LogP contribution in [0.5, 0.6) is 0 Å². The van der Waals surface area contributed by atoms with Crippen molar-refractivity contribution in [3.63, 3.8) is 0 Å². The Bertz CT molecular complexity index is 526. The summed E-state index contributed by atoms with van der Waals surface area (Å²) in [5.74, 6) is 1.73. The van der Waals surface area contributed by atoms with Gasteiger partial charge < -0.3 is 10.6 Å². The Kier molecular flexibility index (Phi) is 5.73. The van der Waals surface area contributed by atoms with Crippen molar-refractivity contribution in [3.8, 4) is 0 Å². The molecule has 1 saturated heterocycles. The lowest BCUT2D eigenvalue weighted by molar-refractivity contribution is -0.124. The van der Waals surface area contributed by atoms with E-state index in [9.17, 15) is 9.18 Å². The minimum Gasteiger partial charge on any atom is -0.350 e. The summed E-state index contributed by atoms with van der Waals surface area (Å²) in [6.07, 6.45) is 6.23. The van der Waals surface area contributed by atoms with E-state index in [1.165, 1.54) is 19.3 Å². The van der Waals surface area contributed by atoms with Gasteiger partial charge in [-0.1, -0.05) is 27.7 Å². The number of halogens is 1. The van der Waals surface area contributed by atoms with E-state index in [1.807, 2.05) is 6.92 Å². The molecule has 2 N–H and O–H groups in total. The monoisotopic (exact) mass is 366 g/mol. The first kappa shape index (κ1) is 20.1. The zero-order valence-corrected chi connectivity index (χ0v) is 17.4. The fraction of sp³-hybridized carbons (Fsp3) is 0.955. The van der Waals surface area contributed by atoms with Crippen LogP contribution in [0, 0.1) is 29.1 Å². The van der Waals surface area contributed by atoms with Crippen LogP contribution in [0.15, 0.2) is 0 Å². The Morgan fingerprint density at radius 3 is 2.58 bits per heavy atom. The first-order valence-electron chi connectivity index (χ1n) is 10.8. The Morgan fingerprint density at radius 1 is 1.15 bits per heavy atom. The highest BCUT2D eigenvalue weighted by Gasteiger charge is 2.53. The van der Waals surface area contributed by atoms with Crippen LogP contribution in [0.4, 0.5) is 4.39 Å². The van der Waals surface area contributed by atoms with Crippen LogP contribution in [0.1, 0.15) is 79.6 Å². The molecule has 0 spiro atoms. The van der Waals surface area contributed by atoms with Gasteiger partial charge in [0.2, 0.25) is 5.91 Å². The van der Waals surface area contributed by atoms with Crippen LogP contribution in [-0.2, 0) is 4.79 Å². The minimum atomic E-state index is -0.908. The molecule has 26 heavy (non-hydrogen) atoms. The first-order valence-corrected chi connectivity index (χ1v) is 10.8. The number of hydrogen-bond acceptors (Lipinski definition) is 2. The van der Waals surface area contributed by atoms with Gasteiger partial charge >= 0.3 is 0 Å². The Balaban J connectivity index is 1.57. The van der Waals surface area contributed by atoms with Crippen molar-refractivity contribution >= 4 is 5.91 Å². The first-order chi connectivity index (χ1) is 12.1. The van der Waals surface area contributed by atoms with Crippen molar-refractivity contribution in [2.75, 3.05) is 6.54 Å². The number of rotatable bonds is 4. The Labute approximate surface area is 159 Å². The lowest BCUT2D eigenvalue weighted by Gasteiger charge is -2.44. The highest BCUT2D eigenvalue weighted by atomic mass is 19.1. The van der Waals surface area contributed by atoms with E-state index in [1.54, 1.807) is 0 Å². The van der Waals surface area contributed by atoms with Crippen LogP contribution in [0.2, 0.25) is 0 Å². The van der Waals surface area contributed by atoms with Gasteiger partial charge in [0, 0.05) is 18.5 Å². The van der Waals surface area contributed by atoms with Crippen molar-refractivity contribution in [3.05, 3.63) is 0 Å². The average molecular weight is 367 g/mol. The smallest absolute Gasteiger partial charge is 0.220 e. The van der Waals surface area contributed by atoms with Gasteiger partial charge in [-0.15, -0.1) is 0 Å². The number of fused-ring (bicyclic) bond motifs is 1. The van der Waals surface area contributed by atoms with Crippen molar-refractivity contribution < 1.29 is 9.18 Å². The van der Waals surface area contributed by atoms with E-state index in [2.05, 4.69) is 38.3 Å². The van der Waals surface area contributed by atoms with Crippen molar-refractivity contribution in [2.24, 2.45) is 29.1 Å². The topological polar surface area (TPSA) is 41.1 Å². The number of nitrogens with one attached hydrogen (secondary N) is 2. The second-order valence-electron chi connectivity index (χ2n) is 10.4. The van der Waals surface area contributed by atoms with Crippen LogP contribution >= 0.6 is 0 Å². The van der Waals surface area contributed by atoms with Gasteiger partial charge in [0.15, 0.2) is 0 Å². The normalized spacial score (nSPS) is 48.8. The number of carbonyl (C=O) groups excluding carboxylic acids is 1. The van der Waals surface area contributed by atoms with Gasteiger partial charge in [-0.3, -0.25) is 4.79 Å². The molecule has 3 fully saturated rings.